The van der Waals surface area contributed by atoms with Crippen molar-refractivity contribution in [2.24, 2.45) is 0 Å². The molecule has 0 unspecified atom stereocenters. The first-order chi connectivity index (χ1) is 5.81. The number of aromatic nitrogens is 1. The molecule has 1 heterocycles. The first-order valence-electron chi connectivity index (χ1n) is 4.19. The van der Waals surface area contributed by atoms with Crippen molar-refractivity contribution in [3.8, 4) is 0 Å². The van der Waals surface area contributed by atoms with E-state index in [9.17, 15) is 0 Å². The molecule has 1 aromatic rings. The summed E-state index contributed by atoms with van der Waals surface area (Å²) >= 11 is 7.39. The van der Waals surface area contributed by atoms with Gasteiger partial charge in [0.1, 0.15) is 5.15 Å². The van der Waals surface area contributed by atoms with Gasteiger partial charge in [-0.05, 0) is 19.8 Å². The van der Waals surface area contributed by atoms with E-state index in [2.05, 4.69) is 16.8 Å². The van der Waals surface area contributed by atoms with Crippen LogP contribution in [0.15, 0.2) is 5.38 Å². The second-order valence-corrected chi connectivity index (χ2v) is 4.19. The first kappa shape index (κ1) is 8.32. The van der Waals surface area contributed by atoms with Crippen molar-refractivity contribution in [1.29, 1.82) is 0 Å². The van der Waals surface area contributed by atoms with Gasteiger partial charge in [-0.2, -0.15) is 0 Å². The summed E-state index contributed by atoms with van der Waals surface area (Å²) in [6, 6.07) is 0.734. The standard InChI is InChI=1S/C8H11ClN2S/c1-2-11(6-3-4-6)8-10-7(9)5-12-8/h5-6H,2-4H2,1H3. The zero-order valence-electron chi connectivity index (χ0n) is 6.96. The van der Waals surface area contributed by atoms with Crippen molar-refractivity contribution in [3.05, 3.63) is 10.5 Å². The Morgan fingerprint density at radius 1 is 1.75 bits per heavy atom. The van der Waals surface area contributed by atoms with Gasteiger partial charge in [0.25, 0.3) is 0 Å². The van der Waals surface area contributed by atoms with Gasteiger partial charge >= 0.3 is 0 Å². The van der Waals surface area contributed by atoms with Crippen molar-refractivity contribution in [2.75, 3.05) is 11.4 Å². The molecular weight excluding hydrogens is 192 g/mol. The van der Waals surface area contributed by atoms with E-state index in [4.69, 9.17) is 11.6 Å². The summed E-state index contributed by atoms with van der Waals surface area (Å²) in [6.45, 7) is 3.20. The molecule has 0 spiro atoms. The molecule has 2 rings (SSSR count). The highest BCUT2D eigenvalue weighted by atomic mass is 35.5. The lowest BCUT2D eigenvalue weighted by molar-refractivity contribution is 0.821. The van der Waals surface area contributed by atoms with E-state index in [0.717, 1.165) is 17.7 Å². The zero-order valence-corrected chi connectivity index (χ0v) is 8.53. The van der Waals surface area contributed by atoms with Crippen LogP contribution >= 0.6 is 22.9 Å². The fourth-order valence-electron chi connectivity index (χ4n) is 1.31. The number of anilines is 1. The molecular formula is C8H11ClN2S. The van der Waals surface area contributed by atoms with E-state index in [1.165, 1.54) is 12.8 Å². The average molecular weight is 203 g/mol. The van der Waals surface area contributed by atoms with E-state index in [0.29, 0.717) is 5.15 Å². The van der Waals surface area contributed by atoms with Crippen molar-refractivity contribution < 1.29 is 0 Å². The summed E-state index contributed by atoms with van der Waals surface area (Å²) in [7, 11) is 0. The minimum atomic E-state index is 0.620. The lowest BCUT2D eigenvalue weighted by Gasteiger charge is -2.18. The highest BCUT2D eigenvalue weighted by Crippen LogP contribution is 2.33. The van der Waals surface area contributed by atoms with Gasteiger partial charge in [-0.25, -0.2) is 4.98 Å². The molecule has 12 heavy (non-hydrogen) atoms. The Morgan fingerprint density at radius 2 is 2.50 bits per heavy atom. The molecule has 1 aliphatic rings. The van der Waals surface area contributed by atoms with E-state index >= 15 is 0 Å². The predicted octanol–water partition coefficient (Wildman–Crippen LogP) is 2.79. The highest BCUT2D eigenvalue weighted by molar-refractivity contribution is 7.14. The predicted molar refractivity (Wildman–Crippen MR) is 53.2 cm³/mol. The Balaban J connectivity index is 2.15. The monoisotopic (exact) mass is 202 g/mol. The van der Waals surface area contributed by atoms with Gasteiger partial charge in [-0.1, -0.05) is 11.6 Å². The highest BCUT2D eigenvalue weighted by Gasteiger charge is 2.29. The number of halogens is 1. The molecule has 1 fully saturated rings. The Bertz CT molecular complexity index is 270. The molecule has 1 aromatic heterocycles. The normalized spacial score (nSPS) is 16.5. The Hall–Kier alpha value is -0.280. The van der Waals surface area contributed by atoms with Gasteiger partial charge in [0.2, 0.25) is 0 Å². The van der Waals surface area contributed by atoms with Crippen molar-refractivity contribution in [2.45, 2.75) is 25.8 Å². The summed E-state index contributed by atoms with van der Waals surface area (Å²) in [5.41, 5.74) is 0. The fourth-order valence-corrected chi connectivity index (χ4v) is 2.40. The molecule has 0 radical (unpaired) electrons. The van der Waals surface area contributed by atoms with Crippen LogP contribution in [0.25, 0.3) is 0 Å². The maximum Gasteiger partial charge on any atom is 0.186 e. The summed E-state index contributed by atoms with van der Waals surface area (Å²) in [5, 5.41) is 3.58. The molecule has 0 aliphatic heterocycles. The Morgan fingerprint density at radius 3 is 2.92 bits per heavy atom. The third-order valence-electron chi connectivity index (χ3n) is 2.04. The van der Waals surface area contributed by atoms with Crippen molar-refractivity contribution >= 4 is 28.1 Å². The van der Waals surface area contributed by atoms with E-state index in [1.54, 1.807) is 11.3 Å². The fraction of sp³-hybridized carbons (Fsp3) is 0.625. The quantitative estimate of drug-likeness (QED) is 0.750. The third kappa shape index (κ3) is 1.57. The molecule has 0 N–H and O–H groups in total. The van der Waals surface area contributed by atoms with Gasteiger partial charge in [-0.15, -0.1) is 11.3 Å². The van der Waals surface area contributed by atoms with Crippen LogP contribution < -0.4 is 4.90 Å². The maximum absolute atomic E-state index is 5.76. The molecule has 0 saturated heterocycles. The second kappa shape index (κ2) is 3.23. The number of hydrogen-bond acceptors (Lipinski definition) is 3. The first-order valence-corrected chi connectivity index (χ1v) is 5.44. The number of rotatable bonds is 3. The van der Waals surface area contributed by atoms with Crippen LogP contribution in [-0.4, -0.2) is 17.6 Å². The molecule has 2 nitrogen and oxygen atoms in total. The smallest absolute Gasteiger partial charge is 0.186 e. The van der Waals surface area contributed by atoms with Crippen LogP contribution in [0.3, 0.4) is 0 Å². The number of thiazole rings is 1. The summed E-state index contributed by atoms with van der Waals surface area (Å²) in [6.07, 6.45) is 2.62. The third-order valence-corrected chi connectivity index (χ3v) is 3.24. The molecule has 0 aromatic carbocycles. The van der Waals surface area contributed by atoms with Gasteiger partial charge in [0.05, 0.1) is 0 Å². The number of hydrogen-bond donors (Lipinski definition) is 0. The lowest BCUT2D eigenvalue weighted by Crippen LogP contribution is -2.24. The SMILES string of the molecule is CCN(c1nc(Cl)cs1)C1CC1. The van der Waals surface area contributed by atoms with E-state index < -0.39 is 0 Å². The summed E-state index contributed by atoms with van der Waals surface area (Å²) < 4.78 is 0. The zero-order chi connectivity index (χ0) is 8.55. The molecule has 4 heteroatoms. The van der Waals surface area contributed by atoms with Crippen molar-refractivity contribution in [1.82, 2.24) is 4.98 Å². The Kier molecular flexibility index (Phi) is 2.24. The van der Waals surface area contributed by atoms with Crippen LogP contribution in [0.2, 0.25) is 5.15 Å². The molecule has 0 bridgehead atoms. The molecule has 1 aliphatic carbocycles. The molecule has 1 saturated carbocycles. The average Bonchev–Trinajstić information content (AvgIpc) is 2.78. The number of nitrogens with zero attached hydrogens (tertiary/aromatic N) is 2. The van der Waals surface area contributed by atoms with E-state index in [1.807, 2.05) is 5.38 Å². The van der Waals surface area contributed by atoms with E-state index in [-0.39, 0.29) is 0 Å². The van der Waals surface area contributed by atoms with Gasteiger partial charge in [0.15, 0.2) is 5.13 Å². The topological polar surface area (TPSA) is 16.1 Å². The van der Waals surface area contributed by atoms with Crippen LogP contribution in [0.5, 0.6) is 0 Å². The summed E-state index contributed by atoms with van der Waals surface area (Å²) in [4.78, 5) is 6.58. The van der Waals surface area contributed by atoms with Gasteiger partial charge in [-0.3, -0.25) is 0 Å². The maximum atomic E-state index is 5.76. The molecule has 0 atom stereocenters. The lowest BCUT2D eigenvalue weighted by atomic mass is 10.5. The van der Waals surface area contributed by atoms with Crippen molar-refractivity contribution in [3.63, 3.8) is 0 Å². The van der Waals surface area contributed by atoms with Crippen LogP contribution in [0.4, 0.5) is 5.13 Å². The molecule has 66 valence electrons. The van der Waals surface area contributed by atoms with Gasteiger partial charge in [0, 0.05) is 18.0 Å². The van der Waals surface area contributed by atoms with Gasteiger partial charge < -0.3 is 4.90 Å². The minimum Gasteiger partial charge on any atom is -0.345 e. The Labute approximate surface area is 81.2 Å². The summed E-state index contributed by atoms with van der Waals surface area (Å²) in [5.74, 6) is 0. The largest absolute Gasteiger partial charge is 0.345 e. The van der Waals surface area contributed by atoms with Crippen LogP contribution in [0.1, 0.15) is 19.8 Å². The second-order valence-electron chi connectivity index (χ2n) is 2.97. The minimum absolute atomic E-state index is 0.620. The van der Waals surface area contributed by atoms with Crippen LogP contribution in [-0.2, 0) is 0 Å². The molecule has 0 amide bonds. The van der Waals surface area contributed by atoms with Crippen LogP contribution in [0, 0.1) is 0 Å².